The molecule has 0 fully saturated rings. The normalized spacial score (nSPS) is 12.2. The molecule has 2 N–H and O–H groups in total. The summed E-state index contributed by atoms with van der Waals surface area (Å²) in [5, 5.41) is 10.8. The van der Waals surface area contributed by atoms with E-state index in [4.69, 9.17) is 9.84 Å². The maximum Gasteiger partial charge on any atom is 0.407 e. The fourth-order valence-corrected chi connectivity index (χ4v) is 0.933. The fraction of sp³-hybridized carbons (Fsp3) is 0.889. The molecular formula is C9H19NO3. The maximum atomic E-state index is 10.9. The topological polar surface area (TPSA) is 58.6 Å². The Balaban J connectivity index is 3.41. The first kappa shape index (κ1) is 12.2. The predicted molar refractivity (Wildman–Crippen MR) is 50.6 cm³/mol. The molecule has 0 aromatic carbocycles. The molecule has 0 saturated heterocycles. The van der Waals surface area contributed by atoms with Gasteiger partial charge in [-0.25, -0.2) is 4.79 Å². The number of hydrogen-bond donors (Lipinski definition) is 2. The van der Waals surface area contributed by atoms with E-state index in [2.05, 4.69) is 12.2 Å². The van der Waals surface area contributed by atoms with Crippen LogP contribution in [0.4, 0.5) is 4.79 Å². The van der Waals surface area contributed by atoms with Crippen molar-refractivity contribution in [1.82, 2.24) is 5.32 Å². The average Bonchev–Trinajstić information content (AvgIpc) is 2.11. The maximum absolute atomic E-state index is 10.9. The van der Waals surface area contributed by atoms with E-state index in [0.29, 0.717) is 0 Å². The minimum absolute atomic E-state index is 0.0429. The summed E-state index contributed by atoms with van der Waals surface area (Å²) < 4.78 is 4.99. The van der Waals surface area contributed by atoms with Gasteiger partial charge in [-0.3, -0.25) is 0 Å². The van der Waals surface area contributed by atoms with E-state index >= 15 is 0 Å². The van der Waals surface area contributed by atoms with Crippen molar-refractivity contribution in [3.8, 4) is 0 Å². The lowest BCUT2D eigenvalue weighted by Crippen LogP contribution is -2.29. The third kappa shape index (κ3) is 7.59. The van der Waals surface area contributed by atoms with Gasteiger partial charge in [0.05, 0.1) is 6.61 Å². The summed E-state index contributed by atoms with van der Waals surface area (Å²) in [7, 11) is 0. The van der Waals surface area contributed by atoms with Crippen LogP contribution in [-0.2, 0) is 4.74 Å². The van der Waals surface area contributed by atoms with Gasteiger partial charge in [0.1, 0.15) is 6.10 Å². The molecule has 0 aliphatic heterocycles. The zero-order valence-electron chi connectivity index (χ0n) is 8.38. The van der Waals surface area contributed by atoms with E-state index in [1.807, 2.05) is 6.92 Å². The van der Waals surface area contributed by atoms with Crippen molar-refractivity contribution in [2.24, 2.45) is 0 Å². The molecule has 0 spiro atoms. The van der Waals surface area contributed by atoms with E-state index in [9.17, 15) is 4.79 Å². The van der Waals surface area contributed by atoms with Gasteiger partial charge < -0.3 is 15.2 Å². The molecule has 1 unspecified atom stereocenters. The van der Waals surface area contributed by atoms with Gasteiger partial charge in [0.15, 0.2) is 0 Å². The molecule has 0 aliphatic rings. The Morgan fingerprint density at radius 3 is 2.85 bits per heavy atom. The highest BCUT2D eigenvalue weighted by atomic mass is 16.6. The first-order valence-electron chi connectivity index (χ1n) is 4.76. The van der Waals surface area contributed by atoms with Crippen molar-refractivity contribution in [3.63, 3.8) is 0 Å². The number of rotatable bonds is 6. The van der Waals surface area contributed by atoms with Crippen LogP contribution < -0.4 is 5.32 Å². The van der Waals surface area contributed by atoms with Gasteiger partial charge in [0.25, 0.3) is 0 Å². The Morgan fingerprint density at radius 1 is 1.62 bits per heavy atom. The monoisotopic (exact) mass is 189 g/mol. The molecule has 0 aliphatic carbocycles. The molecule has 13 heavy (non-hydrogen) atoms. The quantitative estimate of drug-likeness (QED) is 0.661. The van der Waals surface area contributed by atoms with Crippen LogP contribution >= 0.6 is 0 Å². The van der Waals surface area contributed by atoms with Crippen LogP contribution in [0.3, 0.4) is 0 Å². The van der Waals surface area contributed by atoms with Gasteiger partial charge >= 0.3 is 6.09 Å². The lowest BCUT2D eigenvalue weighted by molar-refractivity contribution is 0.0993. The van der Waals surface area contributed by atoms with Crippen LogP contribution in [0.15, 0.2) is 0 Å². The molecule has 0 radical (unpaired) electrons. The summed E-state index contributed by atoms with van der Waals surface area (Å²) in [6.45, 7) is 4.16. The third-order valence-corrected chi connectivity index (χ3v) is 1.65. The second-order valence-corrected chi connectivity index (χ2v) is 3.01. The molecule has 4 nitrogen and oxygen atoms in total. The molecule has 0 heterocycles. The van der Waals surface area contributed by atoms with Crippen LogP contribution in [0.25, 0.3) is 0 Å². The second-order valence-electron chi connectivity index (χ2n) is 3.01. The predicted octanol–water partition coefficient (Wildman–Crippen LogP) is 1.28. The zero-order chi connectivity index (χ0) is 10.1. The van der Waals surface area contributed by atoms with Crippen LogP contribution in [0.1, 0.15) is 33.1 Å². The number of alkyl carbamates (subject to hydrolysis) is 1. The van der Waals surface area contributed by atoms with E-state index in [0.717, 1.165) is 19.3 Å². The third-order valence-electron chi connectivity index (χ3n) is 1.65. The smallest absolute Gasteiger partial charge is 0.407 e. The molecule has 78 valence electrons. The van der Waals surface area contributed by atoms with E-state index in [-0.39, 0.29) is 19.3 Å². The highest BCUT2D eigenvalue weighted by molar-refractivity contribution is 5.67. The summed E-state index contributed by atoms with van der Waals surface area (Å²) in [6.07, 6.45) is 2.57. The van der Waals surface area contributed by atoms with Gasteiger partial charge in [-0.1, -0.05) is 19.8 Å². The van der Waals surface area contributed by atoms with E-state index in [1.165, 1.54) is 0 Å². The highest BCUT2D eigenvalue weighted by Crippen LogP contribution is 2.03. The first-order chi connectivity index (χ1) is 6.20. The molecule has 1 amide bonds. The summed E-state index contributed by atoms with van der Waals surface area (Å²) >= 11 is 0. The van der Waals surface area contributed by atoms with Gasteiger partial charge in [0, 0.05) is 6.54 Å². The largest absolute Gasteiger partial charge is 0.447 e. The number of hydrogen-bond acceptors (Lipinski definition) is 3. The minimum atomic E-state index is -0.447. The summed E-state index contributed by atoms with van der Waals surface area (Å²) in [5.74, 6) is 0. The van der Waals surface area contributed by atoms with Crippen molar-refractivity contribution < 1.29 is 14.6 Å². The van der Waals surface area contributed by atoms with Crippen LogP contribution in [0, 0.1) is 0 Å². The summed E-state index contributed by atoms with van der Waals surface area (Å²) in [6, 6.07) is 0. The number of aliphatic hydroxyl groups is 1. The molecule has 0 rings (SSSR count). The molecule has 0 aromatic rings. The average molecular weight is 189 g/mol. The number of ether oxygens (including phenoxy) is 1. The molecule has 4 heteroatoms. The SMILES string of the molecule is CCCCC(C)OC(=O)NCCO. The van der Waals surface area contributed by atoms with Gasteiger partial charge in [0.2, 0.25) is 0 Å². The van der Waals surface area contributed by atoms with Crippen molar-refractivity contribution >= 4 is 6.09 Å². The molecule has 0 aromatic heterocycles. The standard InChI is InChI=1S/C9H19NO3/c1-3-4-5-8(2)13-9(12)10-6-7-11/h8,11H,3-7H2,1-2H3,(H,10,12). The molecule has 0 bridgehead atoms. The number of carbonyl (C=O) groups is 1. The van der Waals surface area contributed by atoms with Crippen molar-refractivity contribution in [1.29, 1.82) is 0 Å². The lowest BCUT2D eigenvalue weighted by Gasteiger charge is -2.12. The van der Waals surface area contributed by atoms with E-state index < -0.39 is 6.09 Å². The van der Waals surface area contributed by atoms with Crippen LogP contribution in [-0.4, -0.2) is 30.5 Å². The fourth-order valence-electron chi connectivity index (χ4n) is 0.933. The van der Waals surface area contributed by atoms with E-state index in [1.54, 1.807) is 0 Å². The zero-order valence-corrected chi connectivity index (χ0v) is 8.38. The molecule has 0 saturated carbocycles. The lowest BCUT2D eigenvalue weighted by atomic mass is 10.2. The van der Waals surface area contributed by atoms with Gasteiger partial charge in [-0.15, -0.1) is 0 Å². The van der Waals surface area contributed by atoms with Crippen LogP contribution in [0.2, 0.25) is 0 Å². The van der Waals surface area contributed by atoms with Gasteiger partial charge in [-0.05, 0) is 13.3 Å². The van der Waals surface area contributed by atoms with Crippen molar-refractivity contribution in [2.75, 3.05) is 13.2 Å². The Hall–Kier alpha value is -0.770. The number of unbranched alkanes of at least 4 members (excludes halogenated alkanes) is 1. The van der Waals surface area contributed by atoms with Crippen molar-refractivity contribution in [3.05, 3.63) is 0 Å². The Bertz CT molecular complexity index is 139. The molecular weight excluding hydrogens is 170 g/mol. The number of amides is 1. The Morgan fingerprint density at radius 2 is 2.31 bits per heavy atom. The van der Waals surface area contributed by atoms with Gasteiger partial charge in [-0.2, -0.15) is 0 Å². The summed E-state index contributed by atoms with van der Waals surface area (Å²) in [5.41, 5.74) is 0. The van der Waals surface area contributed by atoms with Crippen LogP contribution in [0.5, 0.6) is 0 Å². The number of aliphatic hydroxyl groups excluding tert-OH is 1. The minimum Gasteiger partial charge on any atom is -0.447 e. The van der Waals surface area contributed by atoms with Crippen molar-refractivity contribution in [2.45, 2.75) is 39.2 Å². The summed E-state index contributed by atoms with van der Waals surface area (Å²) in [4.78, 5) is 10.9. The first-order valence-corrected chi connectivity index (χ1v) is 4.76. The Labute approximate surface area is 79.3 Å². The number of carbonyl (C=O) groups excluding carboxylic acids is 1. The Kier molecular flexibility index (Phi) is 7.39. The number of nitrogens with one attached hydrogen (secondary N) is 1. The molecule has 1 atom stereocenters. The highest BCUT2D eigenvalue weighted by Gasteiger charge is 2.07. The second kappa shape index (κ2) is 7.86.